The number of fused-ring (bicyclic) bond motifs is 2. The summed E-state index contributed by atoms with van der Waals surface area (Å²) in [7, 11) is 2.05. The van der Waals surface area contributed by atoms with Crippen LogP contribution >= 0.6 is 15.9 Å². The standard InChI is InChI=1S/C28H34BrN3O6/c1-5-31(6-2)26(33)18-12-20-19-8-7-9-22-24(19)21(13-23(20)30(4)14-18)25(29)32(22)28(35)38-16(3)37-27(34)17-10-11-36-15-17/h7-9,12,16-18,23H,5-6,10-11,13-15H2,1-4H3/t16?,17-,18+,23+/m0/s1. The average molecular weight is 588 g/mol. The predicted molar refractivity (Wildman–Crippen MR) is 146 cm³/mol. The van der Waals surface area contributed by atoms with Gasteiger partial charge in [0, 0.05) is 44.6 Å². The zero-order valence-electron chi connectivity index (χ0n) is 22.2. The molecule has 0 spiro atoms. The second-order valence-corrected chi connectivity index (χ2v) is 10.9. The highest BCUT2D eigenvalue weighted by atomic mass is 79.9. The largest absolute Gasteiger partial charge is 0.425 e. The van der Waals surface area contributed by atoms with E-state index < -0.39 is 18.4 Å². The van der Waals surface area contributed by atoms with Gasteiger partial charge in [-0.25, -0.2) is 9.36 Å². The summed E-state index contributed by atoms with van der Waals surface area (Å²) >= 11 is 3.67. The lowest BCUT2D eigenvalue weighted by atomic mass is 9.79. The van der Waals surface area contributed by atoms with Crippen LogP contribution in [0.25, 0.3) is 16.5 Å². The molecule has 1 aromatic carbocycles. The van der Waals surface area contributed by atoms with Gasteiger partial charge in [-0.15, -0.1) is 0 Å². The minimum atomic E-state index is -1.04. The van der Waals surface area contributed by atoms with Gasteiger partial charge >= 0.3 is 12.1 Å². The number of carbonyl (C=O) groups is 3. The number of likely N-dealkylation sites (N-methyl/N-ethyl adjacent to an activating group) is 1. The van der Waals surface area contributed by atoms with Gasteiger partial charge in [0.05, 0.1) is 28.6 Å². The number of hydrogen-bond acceptors (Lipinski definition) is 7. The molecule has 1 fully saturated rings. The van der Waals surface area contributed by atoms with Gasteiger partial charge in [0.25, 0.3) is 0 Å². The lowest BCUT2D eigenvalue weighted by Crippen LogP contribution is -2.47. The maximum absolute atomic E-state index is 13.3. The molecule has 0 saturated carbocycles. The van der Waals surface area contributed by atoms with E-state index in [1.165, 1.54) is 11.5 Å². The van der Waals surface area contributed by atoms with Crippen LogP contribution in [0, 0.1) is 11.8 Å². The summed E-state index contributed by atoms with van der Waals surface area (Å²) in [5.74, 6) is -0.836. The molecule has 0 radical (unpaired) electrons. The number of nitrogens with zero attached hydrogens (tertiary/aromatic N) is 3. The molecule has 3 aliphatic rings. The number of carbonyl (C=O) groups excluding carboxylic acids is 3. The van der Waals surface area contributed by atoms with Crippen LogP contribution in [0.2, 0.25) is 0 Å². The molecule has 1 aromatic heterocycles. The quantitative estimate of drug-likeness (QED) is 0.372. The van der Waals surface area contributed by atoms with Crippen molar-refractivity contribution in [2.45, 2.75) is 45.9 Å². The van der Waals surface area contributed by atoms with Crippen LogP contribution in [0.15, 0.2) is 28.9 Å². The number of benzene rings is 1. The van der Waals surface area contributed by atoms with Crippen molar-refractivity contribution in [2.75, 3.05) is 39.9 Å². The van der Waals surface area contributed by atoms with Crippen LogP contribution < -0.4 is 0 Å². The van der Waals surface area contributed by atoms with Gasteiger partial charge in [-0.3, -0.25) is 14.5 Å². The first kappa shape index (κ1) is 26.9. The zero-order chi connectivity index (χ0) is 27.1. The van der Waals surface area contributed by atoms with Crippen LogP contribution in [0.1, 0.15) is 38.3 Å². The number of amides is 1. The smallest absolute Gasteiger partial charge is 0.422 e. The zero-order valence-corrected chi connectivity index (χ0v) is 23.8. The first-order valence-corrected chi connectivity index (χ1v) is 14.1. The Labute approximate surface area is 230 Å². The van der Waals surface area contributed by atoms with Crippen molar-refractivity contribution in [1.82, 2.24) is 14.4 Å². The lowest BCUT2D eigenvalue weighted by molar-refractivity contribution is -0.169. The molecule has 0 N–H and O–H groups in total. The minimum Gasteiger partial charge on any atom is -0.425 e. The van der Waals surface area contributed by atoms with Crippen molar-refractivity contribution >= 4 is 50.4 Å². The summed E-state index contributed by atoms with van der Waals surface area (Å²) in [6.07, 6.45) is 1.75. The monoisotopic (exact) mass is 587 g/mol. The molecule has 4 atom stereocenters. The number of halogens is 1. The Hall–Kier alpha value is -2.69. The number of rotatable bonds is 6. The van der Waals surface area contributed by atoms with Crippen molar-refractivity contribution in [1.29, 1.82) is 0 Å². The van der Waals surface area contributed by atoms with Gasteiger partial charge in [-0.2, -0.15) is 0 Å². The van der Waals surface area contributed by atoms with E-state index in [0.717, 1.165) is 22.1 Å². The topological polar surface area (TPSA) is 90.3 Å². The molecule has 9 nitrogen and oxygen atoms in total. The maximum Gasteiger partial charge on any atom is 0.422 e. The van der Waals surface area contributed by atoms with Crippen LogP contribution in [0.5, 0.6) is 0 Å². The van der Waals surface area contributed by atoms with Gasteiger partial charge in [0.1, 0.15) is 0 Å². The molecule has 5 rings (SSSR count). The maximum atomic E-state index is 13.3. The Balaban J connectivity index is 1.46. The van der Waals surface area contributed by atoms with E-state index in [4.69, 9.17) is 14.2 Å². The summed E-state index contributed by atoms with van der Waals surface area (Å²) in [5, 5.41) is 0.968. The molecule has 1 aliphatic carbocycles. The molecule has 204 valence electrons. The minimum absolute atomic E-state index is 0.0885. The van der Waals surface area contributed by atoms with Crippen LogP contribution in [0.4, 0.5) is 4.79 Å². The first-order chi connectivity index (χ1) is 18.2. The Morgan fingerprint density at radius 1 is 1.21 bits per heavy atom. The summed E-state index contributed by atoms with van der Waals surface area (Å²) in [6, 6.07) is 5.94. The predicted octanol–water partition coefficient (Wildman–Crippen LogP) is 4.05. The second kappa shape index (κ2) is 10.8. The van der Waals surface area contributed by atoms with Crippen LogP contribution in [-0.4, -0.2) is 84.6 Å². The molecular weight excluding hydrogens is 554 g/mol. The third kappa shape index (κ3) is 4.67. The molecule has 1 unspecified atom stereocenters. The van der Waals surface area contributed by atoms with E-state index in [0.29, 0.717) is 55.8 Å². The Kier molecular flexibility index (Phi) is 7.66. The first-order valence-electron chi connectivity index (χ1n) is 13.3. The van der Waals surface area contributed by atoms with Gasteiger partial charge in [-0.1, -0.05) is 18.2 Å². The number of ether oxygens (including phenoxy) is 3. The van der Waals surface area contributed by atoms with E-state index in [1.54, 1.807) is 0 Å². The number of aromatic nitrogens is 1. The van der Waals surface area contributed by atoms with E-state index in [-0.39, 0.29) is 23.8 Å². The normalized spacial score (nSPS) is 23.5. The van der Waals surface area contributed by atoms with E-state index in [1.807, 2.05) is 30.9 Å². The van der Waals surface area contributed by atoms with Gasteiger partial charge < -0.3 is 19.1 Å². The lowest BCUT2D eigenvalue weighted by Gasteiger charge is -2.40. The molecular formula is C28H34BrN3O6. The Bertz CT molecular complexity index is 1290. The molecule has 10 heteroatoms. The van der Waals surface area contributed by atoms with Crippen LogP contribution in [-0.2, 0) is 30.2 Å². The molecule has 0 bridgehead atoms. The average Bonchev–Trinajstić information content (AvgIpc) is 3.53. The molecule has 2 aliphatic heterocycles. The fourth-order valence-corrected chi connectivity index (χ4v) is 6.59. The summed E-state index contributed by atoms with van der Waals surface area (Å²) in [4.78, 5) is 43.0. The summed E-state index contributed by atoms with van der Waals surface area (Å²) < 4.78 is 18.3. The molecule has 1 amide bonds. The highest BCUT2D eigenvalue weighted by molar-refractivity contribution is 9.10. The molecule has 2 aromatic rings. The number of esters is 1. The Morgan fingerprint density at radius 3 is 2.66 bits per heavy atom. The summed E-state index contributed by atoms with van der Waals surface area (Å²) in [5.41, 5.74) is 3.85. The SMILES string of the molecule is CCN(CC)C(=O)[C@@H]1C=C2c3cccc4c3c(c(Br)n4C(=O)OC(C)OC(=O)[C@H]3CCOC3)C[C@H]2N(C)C1. The van der Waals surface area contributed by atoms with Crippen molar-refractivity contribution < 1.29 is 28.6 Å². The fraction of sp³-hybridized carbons (Fsp3) is 0.536. The fourth-order valence-electron chi connectivity index (χ4n) is 5.89. The van der Waals surface area contributed by atoms with Crippen molar-refractivity contribution in [3.8, 4) is 0 Å². The third-order valence-electron chi connectivity index (χ3n) is 7.88. The van der Waals surface area contributed by atoms with Crippen LogP contribution in [0.3, 0.4) is 0 Å². The van der Waals surface area contributed by atoms with Gasteiger partial charge in [0.2, 0.25) is 12.2 Å². The summed E-state index contributed by atoms with van der Waals surface area (Å²) in [6.45, 7) is 8.40. The van der Waals surface area contributed by atoms with Crippen molar-refractivity contribution in [2.24, 2.45) is 11.8 Å². The van der Waals surface area contributed by atoms with Crippen molar-refractivity contribution in [3.05, 3.63) is 40.0 Å². The van der Waals surface area contributed by atoms with Crippen molar-refractivity contribution in [3.63, 3.8) is 0 Å². The highest BCUT2D eigenvalue weighted by Gasteiger charge is 2.39. The second-order valence-electron chi connectivity index (χ2n) is 10.2. The number of hydrogen-bond donors (Lipinski definition) is 0. The van der Waals surface area contributed by atoms with Gasteiger partial charge in [-0.05, 0) is 72.4 Å². The molecule has 1 saturated heterocycles. The Morgan fingerprint density at radius 2 is 1.97 bits per heavy atom. The van der Waals surface area contributed by atoms with E-state index in [9.17, 15) is 14.4 Å². The molecule has 3 heterocycles. The highest BCUT2D eigenvalue weighted by Crippen LogP contribution is 2.45. The third-order valence-corrected chi connectivity index (χ3v) is 8.72. The van der Waals surface area contributed by atoms with E-state index >= 15 is 0 Å². The van der Waals surface area contributed by atoms with E-state index in [2.05, 4.69) is 40.0 Å². The van der Waals surface area contributed by atoms with Gasteiger partial charge in [0.15, 0.2) is 0 Å². The molecule has 38 heavy (non-hydrogen) atoms.